The average molecular weight is 344 g/mol. The molecule has 0 spiro atoms. The van der Waals surface area contributed by atoms with Crippen molar-refractivity contribution in [3.05, 3.63) is 35.9 Å². The first kappa shape index (κ1) is 17.7. The van der Waals surface area contributed by atoms with Gasteiger partial charge < -0.3 is 15.5 Å². The molecule has 0 aromatic heterocycles. The van der Waals surface area contributed by atoms with Crippen LogP contribution in [-0.4, -0.2) is 60.5 Å². The van der Waals surface area contributed by atoms with Crippen LogP contribution in [0.1, 0.15) is 25.3 Å². The summed E-state index contributed by atoms with van der Waals surface area (Å²) in [5.41, 5.74) is 1.33. The molecule has 0 radical (unpaired) electrons. The van der Waals surface area contributed by atoms with Gasteiger partial charge in [0.2, 0.25) is 5.91 Å². The van der Waals surface area contributed by atoms with Crippen LogP contribution in [0, 0.1) is 5.92 Å². The molecule has 6 heteroatoms. The lowest BCUT2D eigenvalue weighted by molar-refractivity contribution is -0.126. The summed E-state index contributed by atoms with van der Waals surface area (Å²) in [5.74, 6) is 0.392. The molecule has 136 valence electrons. The molecule has 2 unspecified atom stereocenters. The molecule has 6 nitrogen and oxygen atoms in total. The zero-order chi connectivity index (χ0) is 17.6. The monoisotopic (exact) mass is 344 g/mol. The fourth-order valence-electron chi connectivity index (χ4n) is 3.70. The number of urea groups is 1. The Morgan fingerprint density at radius 1 is 1.28 bits per heavy atom. The van der Waals surface area contributed by atoms with Gasteiger partial charge in [-0.3, -0.25) is 9.69 Å². The molecule has 2 aliphatic heterocycles. The third-order valence-corrected chi connectivity index (χ3v) is 5.15. The molecule has 3 rings (SSSR count). The van der Waals surface area contributed by atoms with E-state index in [0.717, 1.165) is 32.5 Å². The topological polar surface area (TPSA) is 64.7 Å². The Labute approximate surface area is 149 Å². The van der Waals surface area contributed by atoms with Gasteiger partial charge in [0.1, 0.15) is 6.04 Å². The normalized spacial score (nSPS) is 24.7. The number of carbonyl (C=O) groups is 2. The smallest absolute Gasteiger partial charge is 0.318 e. The van der Waals surface area contributed by atoms with Crippen LogP contribution < -0.4 is 10.6 Å². The van der Waals surface area contributed by atoms with Crippen LogP contribution in [0.5, 0.6) is 0 Å². The molecule has 2 aliphatic rings. The number of likely N-dealkylation sites (tertiary alicyclic amines) is 1. The van der Waals surface area contributed by atoms with Crippen LogP contribution in [0.25, 0.3) is 0 Å². The number of carbonyl (C=O) groups excluding carboxylic acids is 2. The van der Waals surface area contributed by atoms with Crippen molar-refractivity contribution >= 4 is 11.9 Å². The molecule has 2 atom stereocenters. The zero-order valence-electron chi connectivity index (χ0n) is 14.9. The van der Waals surface area contributed by atoms with E-state index in [1.807, 2.05) is 6.07 Å². The van der Waals surface area contributed by atoms with Crippen molar-refractivity contribution in [2.75, 3.05) is 32.7 Å². The van der Waals surface area contributed by atoms with Crippen LogP contribution in [0.15, 0.2) is 30.3 Å². The molecule has 1 aromatic rings. The van der Waals surface area contributed by atoms with Gasteiger partial charge in [0.05, 0.1) is 0 Å². The Morgan fingerprint density at radius 2 is 2.08 bits per heavy atom. The minimum absolute atomic E-state index is 0.0758. The van der Waals surface area contributed by atoms with Gasteiger partial charge >= 0.3 is 6.03 Å². The van der Waals surface area contributed by atoms with Gasteiger partial charge in [-0.1, -0.05) is 30.3 Å². The maximum atomic E-state index is 12.4. The largest absolute Gasteiger partial charge is 0.353 e. The maximum Gasteiger partial charge on any atom is 0.318 e. The van der Waals surface area contributed by atoms with Gasteiger partial charge in [0.25, 0.3) is 0 Å². The van der Waals surface area contributed by atoms with Gasteiger partial charge in [-0.25, -0.2) is 4.79 Å². The van der Waals surface area contributed by atoms with E-state index < -0.39 is 6.04 Å². The predicted octanol–water partition coefficient (Wildman–Crippen LogP) is 1.43. The fourth-order valence-corrected chi connectivity index (χ4v) is 3.70. The fraction of sp³-hybridized carbons (Fsp3) is 0.579. The molecular formula is C19H28N4O2. The second kappa shape index (κ2) is 8.34. The second-order valence-corrected chi connectivity index (χ2v) is 7.08. The molecular weight excluding hydrogens is 316 g/mol. The molecule has 0 aliphatic carbocycles. The van der Waals surface area contributed by atoms with Crippen molar-refractivity contribution in [1.82, 2.24) is 20.4 Å². The van der Waals surface area contributed by atoms with Crippen LogP contribution in [0.3, 0.4) is 0 Å². The number of piperidine rings is 1. The first-order valence-corrected chi connectivity index (χ1v) is 9.22. The molecule has 2 fully saturated rings. The van der Waals surface area contributed by atoms with Gasteiger partial charge in [0, 0.05) is 32.7 Å². The lowest BCUT2D eigenvalue weighted by Gasteiger charge is -2.35. The predicted molar refractivity (Wildman–Crippen MR) is 97.0 cm³/mol. The van der Waals surface area contributed by atoms with E-state index in [9.17, 15) is 9.59 Å². The molecule has 3 amide bonds. The summed E-state index contributed by atoms with van der Waals surface area (Å²) in [5, 5.41) is 5.82. The number of hydrogen-bond acceptors (Lipinski definition) is 3. The van der Waals surface area contributed by atoms with Gasteiger partial charge in [-0.15, -0.1) is 0 Å². The van der Waals surface area contributed by atoms with E-state index in [-0.39, 0.29) is 11.9 Å². The lowest BCUT2D eigenvalue weighted by Crippen LogP contribution is -2.58. The first-order chi connectivity index (χ1) is 12.1. The van der Waals surface area contributed by atoms with Crippen molar-refractivity contribution in [2.45, 2.75) is 32.4 Å². The average Bonchev–Trinajstić information content (AvgIpc) is 2.63. The lowest BCUT2D eigenvalue weighted by atomic mass is 9.97. The first-order valence-electron chi connectivity index (χ1n) is 9.22. The molecule has 2 heterocycles. The van der Waals surface area contributed by atoms with E-state index in [0.29, 0.717) is 25.6 Å². The van der Waals surface area contributed by atoms with Crippen molar-refractivity contribution < 1.29 is 9.59 Å². The van der Waals surface area contributed by atoms with E-state index in [1.165, 1.54) is 5.56 Å². The summed E-state index contributed by atoms with van der Waals surface area (Å²) in [6.45, 7) is 6.64. The number of benzene rings is 1. The summed E-state index contributed by atoms with van der Waals surface area (Å²) >= 11 is 0. The van der Waals surface area contributed by atoms with Crippen LogP contribution >= 0.6 is 0 Å². The maximum absolute atomic E-state index is 12.4. The van der Waals surface area contributed by atoms with Gasteiger partial charge in [-0.05, 0) is 37.8 Å². The summed E-state index contributed by atoms with van der Waals surface area (Å²) in [4.78, 5) is 28.2. The minimum atomic E-state index is -0.394. The summed E-state index contributed by atoms with van der Waals surface area (Å²) in [6, 6.07) is 10.00. The summed E-state index contributed by atoms with van der Waals surface area (Å²) in [7, 11) is 0. The summed E-state index contributed by atoms with van der Waals surface area (Å²) in [6.07, 6.45) is 2.30. The number of hydrogen-bond donors (Lipinski definition) is 2. The molecule has 25 heavy (non-hydrogen) atoms. The van der Waals surface area contributed by atoms with Crippen LogP contribution in [0.4, 0.5) is 4.79 Å². The van der Waals surface area contributed by atoms with E-state index in [2.05, 4.69) is 39.8 Å². The van der Waals surface area contributed by atoms with Crippen molar-refractivity contribution in [1.29, 1.82) is 0 Å². The Hall–Kier alpha value is -2.08. The van der Waals surface area contributed by atoms with Crippen LogP contribution in [0.2, 0.25) is 0 Å². The highest BCUT2D eigenvalue weighted by Crippen LogP contribution is 2.18. The van der Waals surface area contributed by atoms with E-state index in [1.54, 1.807) is 11.8 Å². The third kappa shape index (κ3) is 4.72. The number of nitrogens with zero attached hydrogens (tertiary/aromatic N) is 2. The second-order valence-electron chi connectivity index (χ2n) is 7.08. The zero-order valence-corrected chi connectivity index (χ0v) is 14.9. The number of rotatable bonds is 4. The molecule has 1 aromatic carbocycles. The van der Waals surface area contributed by atoms with E-state index in [4.69, 9.17) is 0 Å². The van der Waals surface area contributed by atoms with Gasteiger partial charge in [0.15, 0.2) is 0 Å². The Balaban J connectivity index is 1.46. The highest BCUT2D eigenvalue weighted by Gasteiger charge is 2.29. The third-order valence-electron chi connectivity index (χ3n) is 5.15. The number of nitrogens with one attached hydrogen (secondary N) is 2. The standard InChI is InChI=1S/C19H28N4O2/c1-15-18(24)20-9-11-23(15)19(25)21-12-17-8-5-10-22(14-17)13-16-6-3-2-4-7-16/h2-4,6-7,15,17H,5,8-14H2,1H3,(H,20,24)(H,21,25). The van der Waals surface area contributed by atoms with E-state index >= 15 is 0 Å². The van der Waals surface area contributed by atoms with Gasteiger partial charge in [-0.2, -0.15) is 0 Å². The Kier molecular flexibility index (Phi) is 5.91. The SMILES string of the molecule is CC1C(=O)NCCN1C(=O)NCC1CCCN(Cc2ccccc2)C1. The number of amides is 3. The quantitative estimate of drug-likeness (QED) is 0.868. The minimum Gasteiger partial charge on any atom is -0.353 e. The van der Waals surface area contributed by atoms with Crippen LogP contribution in [-0.2, 0) is 11.3 Å². The van der Waals surface area contributed by atoms with Crippen molar-refractivity contribution in [2.24, 2.45) is 5.92 Å². The molecule has 2 N–H and O–H groups in total. The highest BCUT2D eigenvalue weighted by atomic mass is 16.2. The Bertz CT molecular complexity index is 592. The van der Waals surface area contributed by atoms with Crippen molar-refractivity contribution in [3.8, 4) is 0 Å². The number of piperazine rings is 1. The summed E-state index contributed by atoms with van der Waals surface area (Å²) < 4.78 is 0. The molecule has 0 saturated carbocycles. The highest BCUT2D eigenvalue weighted by molar-refractivity contribution is 5.87. The molecule has 2 saturated heterocycles. The Morgan fingerprint density at radius 3 is 2.88 bits per heavy atom. The van der Waals surface area contributed by atoms with Crippen molar-refractivity contribution in [3.63, 3.8) is 0 Å². The molecule has 0 bridgehead atoms.